The second kappa shape index (κ2) is 13.1. The number of halogens is 1. The third kappa shape index (κ3) is 6.27. The van der Waals surface area contributed by atoms with E-state index in [9.17, 15) is 18.8 Å². The fraction of sp³-hybridized carbons (Fsp3) is 0.312. The van der Waals surface area contributed by atoms with Crippen molar-refractivity contribution in [1.82, 2.24) is 10.2 Å². The summed E-state index contributed by atoms with van der Waals surface area (Å²) in [6.45, 7) is 4.50. The van der Waals surface area contributed by atoms with E-state index < -0.39 is 35.4 Å². The molecule has 11 heteroatoms. The molecule has 3 amide bonds. The predicted octanol–water partition coefficient (Wildman–Crippen LogP) is 3.34. The summed E-state index contributed by atoms with van der Waals surface area (Å²) >= 11 is 0. The van der Waals surface area contributed by atoms with Crippen LogP contribution in [-0.4, -0.2) is 67.5 Å². The monoisotopic (exact) mass is 587 g/mol. The van der Waals surface area contributed by atoms with Gasteiger partial charge in [0.15, 0.2) is 5.54 Å². The standard InChI is InChI=1S/C32H34FN5O5/c1-2-32(30(34)40,23-12-14-24(33)15-13-23)38-27-11-7-6-10-25(27)26(20-37-16-18-42-19-17-37)35-28(29(38)39)36-31(41)43-21-22-8-4-3-5-9-22/h3-15,28H,2,16-21H2,1H3,(H2,34,40)(H,36,41). The number of benzodiazepines with no additional fused rings is 1. The number of hydrogen-bond donors (Lipinski definition) is 2. The molecule has 0 aliphatic carbocycles. The average molecular weight is 588 g/mol. The Kier molecular flexibility index (Phi) is 9.13. The first-order chi connectivity index (χ1) is 20.8. The molecule has 2 aliphatic heterocycles. The summed E-state index contributed by atoms with van der Waals surface area (Å²) in [5.74, 6) is -2.00. The van der Waals surface area contributed by atoms with Crippen molar-refractivity contribution in [2.24, 2.45) is 10.7 Å². The smallest absolute Gasteiger partial charge is 0.409 e. The van der Waals surface area contributed by atoms with Crippen molar-refractivity contribution >= 4 is 29.3 Å². The lowest BCUT2D eigenvalue weighted by Gasteiger charge is -2.42. The van der Waals surface area contributed by atoms with Crippen molar-refractivity contribution in [2.45, 2.75) is 31.7 Å². The van der Waals surface area contributed by atoms with Crippen molar-refractivity contribution in [3.63, 3.8) is 0 Å². The maximum Gasteiger partial charge on any atom is 0.409 e. The molecule has 0 saturated carbocycles. The Labute approximate surface area is 249 Å². The maximum atomic E-state index is 14.5. The number of para-hydroxylation sites is 1. The number of nitrogens with zero attached hydrogens (tertiary/aromatic N) is 3. The Balaban J connectivity index is 1.59. The minimum Gasteiger partial charge on any atom is -0.445 e. The molecule has 43 heavy (non-hydrogen) atoms. The van der Waals surface area contributed by atoms with Gasteiger partial charge in [0.25, 0.3) is 5.91 Å². The number of primary amides is 1. The number of alkyl carbamates (subject to hydrolysis) is 1. The molecule has 3 N–H and O–H groups in total. The number of morpholine rings is 1. The molecule has 0 aromatic heterocycles. The molecule has 2 atom stereocenters. The lowest BCUT2D eigenvalue weighted by molar-refractivity contribution is -0.129. The number of rotatable bonds is 9. The van der Waals surface area contributed by atoms with Crippen LogP contribution in [0.1, 0.15) is 30.0 Å². The number of anilines is 1. The van der Waals surface area contributed by atoms with Crippen LogP contribution in [0.4, 0.5) is 14.9 Å². The highest BCUT2D eigenvalue weighted by molar-refractivity contribution is 6.16. The molecule has 3 aromatic rings. The van der Waals surface area contributed by atoms with E-state index in [2.05, 4.69) is 10.2 Å². The Morgan fingerprint density at radius 3 is 2.40 bits per heavy atom. The van der Waals surface area contributed by atoms with Gasteiger partial charge in [0.2, 0.25) is 12.1 Å². The number of nitrogens with one attached hydrogen (secondary N) is 1. The van der Waals surface area contributed by atoms with Crippen LogP contribution < -0.4 is 16.0 Å². The van der Waals surface area contributed by atoms with Crippen LogP contribution in [0, 0.1) is 5.82 Å². The third-order valence-electron chi connectivity index (χ3n) is 7.76. The van der Waals surface area contributed by atoms with Gasteiger partial charge < -0.3 is 15.2 Å². The van der Waals surface area contributed by atoms with Crippen LogP contribution in [0.2, 0.25) is 0 Å². The molecule has 5 rings (SSSR count). The van der Waals surface area contributed by atoms with E-state index in [1.165, 1.54) is 29.2 Å². The second-order valence-electron chi connectivity index (χ2n) is 10.3. The van der Waals surface area contributed by atoms with Gasteiger partial charge in [0.05, 0.1) is 24.6 Å². The van der Waals surface area contributed by atoms with Crippen LogP contribution in [0.15, 0.2) is 83.9 Å². The number of nitrogens with two attached hydrogens (primary N) is 1. The first-order valence-electron chi connectivity index (χ1n) is 14.2. The lowest BCUT2D eigenvalue weighted by atomic mass is 9.83. The summed E-state index contributed by atoms with van der Waals surface area (Å²) in [5, 5.41) is 2.61. The fourth-order valence-corrected chi connectivity index (χ4v) is 5.54. The third-order valence-corrected chi connectivity index (χ3v) is 7.76. The normalized spacial score (nSPS) is 18.6. The van der Waals surface area contributed by atoms with Crippen LogP contribution in [0.25, 0.3) is 0 Å². The van der Waals surface area contributed by atoms with Crippen molar-refractivity contribution < 1.29 is 28.2 Å². The molecular formula is C32H34FN5O5. The van der Waals surface area contributed by atoms with Gasteiger partial charge in [-0.2, -0.15) is 0 Å². The van der Waals surface area contributed by atoms with Crippen molar-refractivity contribution in [1.29, 1.82) is 0 Å². The van der Waals surface area contributed by atoms with Crippen LogP contribution in [0.3, 0.4) is 0 Å². The number of benzene rings is 3. The number of ether oxygens (including phenoxy) is 2. The summed E-state index contributed by atoms with van der Waals surface area (Å²) in [4.78, 5) is 49.3. The maximum absolute atomic E-state index is 14.5. The summed E-state index contributed by atoms with van der Waals surface area (Å²) in [6.07, 6.45) is -2.24. The van der Waals surface area contributed by atoms with E-state index in [0.717, 1.165) is 5.56 Å². The van der Waals surface area contributed by atoms with Crippen LogP contribution >= 0.6 is 0 Å². The first kappa shape index (κ1) is 29.9. The summed E-state index contributed by atoms with van der Waals surface area (Å²) in [6, 6.07) is 21.5. The number of amides is 3. The molecule has 0 spiro atoms. The van der Waals surface area contributed by atoms with E-state index in [1.54, 1.807) is 19.1 Å². The lowest BCUT2D eigenvalue weighted by Crippen LogP contribution is -2.61. The van der Waals surface area contributed by atoms with Gasteiger partial charge in [0.1, 0.15) is 12.4 Å². The largest absolute Gasteiger partial charge is 0.445 e. The Bertz CT molecular complexity index is 1490. The van der Waals surface area contributed by atoms with Gasteiger partial charge in [-0.25, -0.2) is 9.18 Å². The van der Waals surface area contributed by atoms with Crippen molar-refractivity contribution in [2.75, 3.05) is 37.7 Å². The van der Waals surface area contributed by atoms with E-state index >= 15 is 0 Å². The molecule has 2 aliphatic rings. The zero-order valence-electron chi connectivity index (χ0n) is 23.9. The molecule has 2 unspecified atom stereocenters. The van der Waals surface area contributed by atoms with E-state index in [0.29, 0.717) is 55.4 Å². The van der Waals surface area contributed by atoms with Crippen molar-refractivity contribution in [3.05, 3.63) is 101 Å². The van der Waals surface area contributed by atoms with Gasteiger partial charge in [-0.15, -0.1) is 0 Å². The van der Waals surface area contributed by atoms with E-state index in [4.69, 9.17) is 20.2 Å². The fourth-order valence-electron chi connectivity index (χ4n) is 5.54. The molecule has 0 radical (unpaired) electrons. The minimum atomic E-state index is -1.72. The van der Waals surface area contributed by atoms with Gasteiger partial charge in [-0.1, -0.05) is 67.6 Å². The number of aliphatic imine (C=N–C) groups is 1. The van der Waals surface area contributed by atoms with E-state index in [-0.39, 0.29) is 13.0 Å². The van der Waals surface area contributed by atoms with Gasteiger partial charge in [-0.3, -0.25) is 29.7 Å². The second-order valence-corrected chi connectivity index (χ2v) is 10.3. The Morgan fingerprint density at radius 2 is 1.72 bits per heavy atom. The molecule has 1 saturated heterocycles. The summed E-state index contributed by atoms with van der Waals surface area (Å²) < 4.78 is 24.9. The Hall–Kier alpha value is -4.61. The van der Waals surface area contributed by atoms with E-state index in [1.807, 2.05) is 42.5 Å². The highest BCUT2D eigenvalue weighted by Gasteiger charge is 2.50. The number of hydrogen-bond acceptors (Lipinski definition) is 7. The summed E-state index contributed by atoms with van der Waals surface area (Å²) in [5.41, 5.74) is 7.01. The highest BCUT2D eigenvalue weighted by Crippen LogP contribution is 2.40. The molecule has 2 heterocycles. The molecule has 3 aromatic carbocycles. The number of carbonyl (C=O) groups excluding carboxylic acids is 3. The van der Waals surface area contributed by atoms with Gasteiger partial charge in [0, 0.05) is 25.2 Å². The molecule has 224 valence electrons. The molecule has 1 fully saturated rings. The summed E-state index contributed by atoms with van der Waals surface area (Å²) in [7, 11) is 0. The molecule has 10 nitrogen and oxygen atoms in total. The molecular weight excluding hydrogens is 553 g/mol. The van der Waals surface area contributed by atoms with Crippen LogP contribution in [0.5, 0.6) is 0 Å². The minimum absolute atomic E-state index is 0.0162. The quantitative estimate of drug-likeness (QED) is 0.396. The number of carbonyl (C=O) groups is 3. The van der Waals surface area contributed by atoms with Crippen molar-refractivity contribution in [3.8, 4) is 0 Å². The number of fused-ring (bicyclic) bond motifs is 1. The van der Waals surface area contributed by atoms with Gasteiger partial charge >= 0.3 is 6.09 Å². The predicted molar refractivity (Wildman–Crippen MR) is 159 cm³/mol. The van der Waals surface area contributed by atoms with Crippen LogP contribution in [-0.2, 0) is 31.2 Å². The first-order valence-corrected chi connectivity index (χ1v) is 14.2. The van der Waals surface area contributed by atoms with Gasteiger partial charge in [-0.05, 0) is 35.7 Å². The SMILES string of the molecule is CCC(C(N)=O)(c1ccc(F)cc1)N1C(=O)C(NC(=O)OCc2ccccc2)N=C(CN2CCOCC2)c2ccccc21. The highest BCUT2D eigenvalue weighted by atomic mass is 19.1. The topological polar surface area (TPSA) is 127 Å². The molecule has 0 bridgehead atoms. The zero-order chi connectivity index (χ0) is 30.4. The Morgan fingerprint density at radius 1 is 1.05 bits per heavy atom. The average Bonchev–Trinajstić information content (AvgIpc) is 3.13. The zero-order valence-corrected chi connectivity index (χ0v) is 23.9.